The summed E-state index contributed by atoms with van der Waals surface area (Å²) in [6.07, 6.45) is 3.16. The Morgan fingerprint density at radius 3 is 2.57 bits per heavy atom. The van der Waals surface area contributed by atoms with Crippen molar-refractivity contribution in [1.29, 1.82) is 0 Å². The molecule has 0 radical (unpaired) electrons. The van der Waals surface area contributed by atoms with E-state index in [1.807, 2.05) is 30.3 Å². The van der Waals surface area contributed by atoms with Crippen LogP contribution in [0.25, 0.3) is 0 Å². The zero-order chi connectivity index (χ0) is 16.7. The lowest BCUT2D eigenvalue weighted by molar-refractivity contribution is 0.125. The van der Waals surface area contributed by atoms with E-state index in [-0.39, 0.29) is 18.4 Å². The van der Waals surface area contributed by atoms with E-state index in [0.29, 0.717) is 19.0 Å². The van der Waals surface area contributed by atoms with E-state index in [1.54, 1.807) is 0 Å². The van der Waals surface area contributed by atoms with Crippen LogP contribution in [0.15, 0.2) is 30.3 Å². The molecule has 1 aromatic carbocycles. The molecule has 7 heteroatoms. The number of nitrogens with one attached hydrogen (secondary N) is 2. The second-order valence-corrected chi connectivity index (χ2v) is 8.27. The minimum atomic E-state index is -2.88. The maximum absolute atomic E-state index is 11.7. The van der Waals surface area contributed by atoms with Crippen molar-refractivity contribution in [2.75, 3.05) is 18.6 Å². The normalized spacial score (nSPS) is 20.6. The molecule has 1 saturated carbocycles. The first-order valence-electron chi connectivity index (χ1n) is 7.81. The van der Waals surface area contributed by atoms with E-state index in [9.17, 15) is 13.2 Å². The molecule has 0 bridgehead atoms. The summed E-state index contributed by atoms with van der Waals surface area (Å²) < 4.78 is 27.2. The molecule has 0 heterocycles. The number of carbonyl (C=O) groups excluding carboxylic acids is 1. The van der Waals surface area contributed by atoms with Crippen LogP contribution in [0.1, 0.15) is 24.8 Å². The van der Waals surface area contributed by atoms with Crippen molar-refractivity contribution >= 4 is 15.9 Å². The highest BCUT2D eigenvalue weighted by atomic mass is 32.2. The van der Waals surface area contributed by atoms with Gasteiger partial charge in [0.1, 0.15) is 16.4 Å². The molecule has 1 amide bonds. The third kappa shape index (κ3) is 7.00. The van der Waals surface area contributed by atoms with E-state index >= 15 is 0 Å². The van der Waals surface area contributed by atoms with Crippen molar-refractivity contribution < 1.29 is 17.9 Å². The van der Waals surface area contributed by atoms with Crippen molar-refractivity contribution in [2.24, 2.45) is 0 Å². The number of hydrogen-bond acceptors (Lipinski definition) is 5. The molecule has 0 unspecified atom stereocenters. The fourth-order valence-electron chi connectivity index (χ4n) is 2.47. The maximum Gasteiger partial charge on any atom is 0.407 e. The fraction of sp³-hybridized carbons (Fsp3) is 0.562. The summed E-state index contributed by atoms with van der Waals surface area (Å²) in [7, 11) is -2.88. The molecular weight excluding hydrogens is 316 g/mol. The summed E-state index contributed by atoms with van der Waals surface area (Å²) >= 11 is 0. The van der Waals surface area contributed by atoms with Crippen molar-refractivity contribution in [3.8, 4) is 0 Å². The Kier molecular flexibility index (Phi) is 6.41. The van der Waals surface area contributed by atoms with E-state index in [4.69, 9.17) is 4.74 Å². The first-order chi connectivity index (χ1) is 10.9. The summed E-state index contributed by atoms with van der Waals surface area (Å²) in [5.41, 5.74) is 0.960. The van der Waals surface area contributed by atoms with Gasteiger partial charge in [0.05, 0.1) is 5.75 Å². The van der Waals surface area contributed by atoms with Crippen LogP contribution in [0.4, 0.5) is 4.79 Å². The van der Waals surface area contributed by atoms with Gasteiger partial charge in [0.2, 0.25) is 0 Å². The Morgan fingerprint density at radius 2 is 1.91 bits per heavy atom. The lowest BCUT2D eigenvalue weighted by atomic mass is 9.87. The Balaban J connectivity index is 1.53. The average molecular weight is 340 g/mol. The van der Waals surface area contributed by atoms with Gasteiger partial charge in [-0.2, -0.15) is 0 Å². The van der Waals surface area contributed by atoms with Crippen molar-refractivity contribution in [3.63, 3.8) is 0 Å². The predicted octanol–water partition coefficient (Wildman–Crippen LogP) is 1.47. The Hall–Kier alpha value is -1.60. The van der Waals surface area contributed by atoms with Gasteiger partial charge in [-0.15, -0.1) is 0 Å². The highest BCUT2D eigenvalue weighted by Gasteiger charge is 2.30. The van der Waals surface area contributed by atoms with Crippen LogP contribution < -0.4 is 10.6 Å². The lowest BCUT2D eigenvalue weighted by Crippen LogP contribution is -2.52. The first-order valence-corrected chi connectivity index (χ1v) is 9.87. The van der Waals surface area contributed by atoms with E-state index in [0.717, 1.165) is 18.4 Å². The predicted molar refractivity (Wildman–Crippen MR) is 88.9 cm³/mol. The molecule has 1 aromatic rings. The number of amides is 1. The number of sulfone groups is 1. The van der Waals surface area contributed by atoms with Gasteiger partial charge in [0.25, 0.3) is 0 Å². The van der Waals surface area contributed by atoms with Crippen LogP contribution >= 0.6 is 0 Å². The summed E-state index contributed by atoms with van der Waals surface area (Å²) in [4.78, 5) is 11.7. The first kappa shape index (κ1) is 17.7. The standard InChI is InChI=1S/C16H24N2O4S/c1-23(20,21)9-5-8-17-14-10-15(11-14)18-16(19)22-12-13-6-3-2-4-7-13/h2-4,6-7,14-15,17H,5,8-12H2,1H3,(H,18,19). The van der Waals surface area contributed by atoms with Gasteiger partial charge in [0.15, 0.2) is 0 Å². The molecule has 0 aliphatic heterocycles. The van der Waals surface area contributed by atoms with Gasteiger partial charge in [-0.25, -0.2) is 13.2 Å². The monoisotopic (exact) mass is 340 g/mol. The SMILES string of the molecule is CS(=O)(=O)CCCNC1CC(NC(=O)OCc2ccccc2)C1. The van der Waals surface area contributed by atoms with Crippen LogP contribution in [0.3, 0.4) is 0 Å². The molecule has 0 aromatic heterocycles. The molecule has 6 nitrogen and oxygen atoms in total. The summed E-state index contributed by atoms with van der Waals surface area (Å²) in [5, 5.41) is 6.13. The molecule has 1 aliphatic carbocycles. The summed E-state index contributed by atoms with van der Waals surface area (Å²) in [5.74, 6) is 0.209. The van der Waals surface area contributed by atoms with Gasteiger partial charge >= 0.3 is 6.09 Å². The van der Waals surface area contributed by atoms with E-state index in [2.05, 4.69) is 10.6 Å². The molecular formula is C16H24N2O4S. The number of ether oxygens (including phenoxy) is 1. The zero-order valence-electron chi connectivity index (χ0n) is 13.3. The Labute approximate surface area is 137 Å². The second kappa shape index (κ2) is 8.31. The summed E-state index contributed by atoms with van der Waals surface area (Å²) in [6.45, 7) is 0.954. The molecule has 2 N–H and O–H groups in total. The minimum absolute atomic E-state index is 0.130. The molecule has 0 spiro atoms. The number of hydrogen-bond donors (Lipinski definition) is 2. The molecule has 23 heavy (non-hydrogen) atoms. The largest absolute Gasteiger partial charge is 0.445 e. The molecule has 0 saturated heterocycles. The third-order valence-corrected chi connectivity index (χ3v) is 4.83. The Bertz CT molecular complexity index is 598. The molecule has 1 aliphatic rings. The van der Waals surface area contributed by atoms with Gasteiger partial charge in [-0.1, -0.05) is 30.3 Å². The van der Waals surface area contributed by atoms with Crippen LogP contribution in [0.5, 0.6) is 0 Å². The van der Waals surface area contributed by atoms with Gasteiger partial charge in [0, 0.05) is 18.3 Å². The highest BCUT2D eigenvalue weighted by molar-refractivity contribution is 7.90. The number of benzene rings is 1. The topological polar surface area (TPSA) is 84.5 Å². The van der Waals surface area contributed by atoms with E-state index < -0.39 is 15.9 Å². The summed E-state index contributed by atoms with van der Waals surface area (Å²) in [6, 6.07) is 10.0. The van der Waals surface area contributed by atoms with Gasteiger partial charge in [-0.05, 0) is 31.4 Å². The smallest absolute Gasteiger partial charge is 0.407 e. The van der Waals surface area contributed by atoms with Crippen LogP contribution in [0.2, 0.25) is 0 Å². The van der Waals surface area contributed by atoms with Gasteiger partial charge in [-0.3, -0.25) is 0 Å². The average Bonchev–Trinajstić information content (AvgIpc) is 2.46. The van der Waals surface area contributed by atoms with Gasteiger partial charge < -0.3 is 15.4 Å². The molecule has 2 rings (SSSR count). The maximum atomic E-state index is 11.7. The lowest BCUT2D eigenvalue weighted by Gasteiger charge is -2.36. The molecule has 0 atom stereocenters. The van der Waals surface area contributed by atoms with Crippen LogP contribution in [-0.2, 0) is 21.2 Å². The van der Waals surface area contributed by atoms with E-state index in [1.165, 1.54) is 6.26 Å². The second-order valence-electron chi connectivity index (χ2n) is 6.01. The van der Waals surface area contributed by atoms with Crippen LogP contribution in [0, 0.1) is 0 Å². The number of alkyl carbamates (subject to hydrolysis) is 1. The molecule has 1 fully saturated rings. The number of carbonyl (C=O) groups is 1. The van der Waals surface area contributed by atoms with Crippen molar-refractivity contribution in [2.45, 2.75) is 38.0 Å². The fourth-order valence-corrected chi connectivity index (χ4v) is 3.14. The zero-order valence-corrected chi connectivity index (χ0v) is 14.1. The number of rotatable bonds is 8. The van der Waals surface area contributed by atoms with Crippen molar-refractivity contribution in [1.82, 2.24) is 10.6 Å². The molecule has 128 valence electrons. The Morgan fingerprint density at radius 1 is 1.22 bits per heavy atom. The van der Waals surface area contributed by atoms with Crippen LogP contribution in [-0.4, -0.2) is 45.1 Å². The quantitative estimate of drug-likeness (QED) is 0.700. The highest BCUT2D eigenvalue weighted by Crippen LogP contribution is 2.20. The minimum Gasteiger partial charge on any atom is -0.445 e. The van der Waals surface area contributed by atoms with Crippen molar-refractivity contribution in [3.05, 3.63) is 35.9 Å². The third-order valence-electron chi connectivity index (χ3n) is 3.80.